The lowest BCUT2D eigenvalue weighted by molar-refractivity contribution is 0.110. The molecule has 4 nitrogen and oxygen atoms in total. The van der Waals surface area contributed by atoms with Gasteiger partial charge in [-0.1, -0.05) is 30.0 Å². The van der Waals surface area contributed by atoms with Gasteiger partial charge in [0.2, 0.25) is 0 Å². The number of phenolic OH excluding ortho intramolecular Hbond substituents is 2. The number of hydrogen-bond acceptors (Lipinski definition) is 5. The van der Waals surface area contributed by atoms with Crippen molar-refractivity contribution in [3.8, 4) is 11.5 Å². The number of benzene rings is 2. The molecule has 2 N–H and O–H groups in total. The summed E-state index contributed by atoms with van der Waals surface area (Å²) in [5.74, 6) is -0.0748. The van der Waals surface area contributed by atoms with E-state index in [0.29, 0.717) is 6.04 Å². The number of piperazine rings is 1. The van der Waals surface area contributed by atoms with Gasteiger partial charge in [-0.25, -0.2) is 0 Å². The molecule has 5 heteroatoms. The summed E-state index contributed by atoms with van der Waals surface area (Å²) < 4.78 is 0. The Morgan fingerprint density at radius 2 is 1.67 bits per heavy atom. The van der Waals surface area contributed by atoms with Crippen LogP contribution >= 0.6 is 11.8 Å². The highest BCUT2D eigenvalue weighted by Gasteiger charge is 2.29. The van der Waals surface area contributed by atoms with E-state index < -0.39 is 0 Å². The highest BCUT2D eigenvalue weighted by molar-refractivity contribution is 7.99. The van der Waals surface area contributed by atoms with Crippen LogP contribution < -0.4 is 0 Å². The van der Waals surface area contributed by atoms with Gasteiger partial charge in [0.1, 0.15) is 0 Å². The number of phenols is 2. The third-order valence-corrected chi connectivity index (χ3v) is 6.24. The number of hydrogen-bond donors (Lipinski definition) is 2. The molecule has 2 heterocycles. The van der Waals surface area contributed by atoms with Gasteiger partial charge < -0.3 is 15.1 Å². The quantitative estimate of drug-likeness (QED) is 0.780. The molecule has 0 spiro atoms. The molecule has 2 aliphatic rings. The maximum absolute atomic E-state index is 9.94. The number of fused-ring (bicyclic) bond motifs is 2. The molecular formula is C19H22N2O2S. The Bertz CT molecular complexity index is 757. The zero-order chi connectivity index (χ0) is 16.7. The van der Waals surface area contributed by atoms with E-state index in [9.17, 15) is 10.2 Å². The van der Waals surface area contributed by atoms with Crippen molar-refractivity contribution in [3.63, 3.8) is 0 Å². The SMILES string of the molecule is CN1CCN(C2Cc3cc(O)c(O)cc3Sc3ccccc32)CC1. The van der Waals surface area contributed by atoms with Crippen LogP contribution in [-0.4, -0.2) is 53.2 Å². The third-order valence-electron chi connectivity index (χ3n) is 5.05. The first kappa shape index (κ1) is 15.8. The molecular weight excluding hydrogens is 320 g/mol. The molecule has 0 saturated carbocycles. The average Bonchev–Trinajstić information content (AvgIpc) is 2.73. The Labute approximate surface area is 146 Å². The van der Waals surface area contributed by atoms with Crippen LogP contribution in [0.25, 0.3) is 0 Å². The average molecular weight is 342 g/mol. The number of nitrogens with zero attached hydrogens (tertiary/aromatic N) is 2. The summed E-state index contributed by atoms with van der Waals surface area (Å²) in [5, 5.41) is 19.8. The molecule has 0 bridgehead atoms. The maximum Gasteiger partial charge on any atom is 0.158 e. The van der Waals surface area contributed by atoms with Crippen molar-refractivity contribution in [3.05, 3.63) is 47.5 Å². The van der Waals surface area contributed by atoms with Gasteiger partial charge in [0.05, 0.1) is 0 Å². The largest absolute Gasteiger partial charge is 0.504 e. The van der Waals surface area contributed by atoms with Crippen LogP contribution in [0, 0.1) is 0 Å². The van der Waals surface area contributed by atoms with Crippen molar-refractivity contribution in [2.24, 2.45) is 0 Å². The van der Waals surface area contributed by atoms with Crippen molar-refractivity contribution in [2.75, 3.05) is 33.2 Å². The highest BCUT2D eigenvalue weighted by atomic mass is 32.2. The van der Waals surface area contributed by atoms with Crippen LogP contribution in [-0.2, 0) is 6.42 Å². The Balaban J connectivity index is 1.76. The summed E-state index contributed by atoms with van der Waals surface area (Å²) in [6, 6.07) is 12.3. The monoisotopic (exact) mass is 342 g/mol. The molecule has 1 saturated heterocycles. The highest BCUT2D eigenvalue weighted by Crippen LogP contribution is 2.45. The summed E-state index contributed by atoms with van der Waals surface area (Å²) >= 11 is 1.69. The molecule has 0 aliphatic carbocycles. The molecule has 0 amide bonds. The van der Waals surface area contributed by atoms with E-state index in [2.05, 4.69) is 41.1 Å². The lowest BCUT2D eigenvalue weighted by Gasteiger charge is -2.38. The van der Waals surface area contributed by atoms with Crippen molar-refractivity contribution in [1.29, 1.82) is 0 Å². The minimum absolute atomic E-state index is 0.0302. The zero-order valence-corrected chi connectivity index (χ0v) is 14.6. The van der Waals surface area contributed by atoms with E-state index in [1.807, 2.05) is 0 Å². The van der Waals surface area contributed by atoms with E-state index in [1.54, 1.807) is 23.9 Å². The smallest absolute Gasteiger partial charge is 0.158 e. The number of aromatic hydroxyl groups is 2. The molecule has 126 valence electrons. The molecule has 1 unspecified atom stereocenters. The lowest BCUT2D eigenvalue weighted by atomic mass is 9.96. The Hall–Kier alpha value is -1.69. The molecule has 1 fully saturated rings. The summed E-state index contributed by atoms with van der Waals surface area (Å²) in [5.41, 5.74) is 2.46. The molecule has 24 heavy (non-hydrogen) atoms. The Kier molecular flexibility index (Phi) is 4.16. The lowest BCUT2D eigenvalue weighted by Crippen LogP contribution is -2.46. The molecule has 4 rings (SSSR count). The van der Waals surface area contributed by atoms with Gasteiger partial charge in [0, 0.05) is 42.0 Å². The molecule has 0 aromatic heterocycles. The Morgan fingerprint density at radius 3 is 2.46 bits per heavy atom. The predicted molar refractivity (Wildman–Crippen MR) is 95.9 cm³/mol. The van der Waals surface area contributed by atoms with Crippen LogP contribution in [0.1, 0.15) is 17.2 Å². The van der Waals surface area contributed by atoms with E-state index >= 15 is 0 Å². The van der Waals surface area contributed by atoms with Gasteiger partial charge in [0.15, 0.2) is 11.5 Å². The second-order valence-electron chi connectivity index (χ2n) is 6.65. The first-order valence-corrected chi connectivity index (χ1v) is 9.17. The summed E-state index contributed by atoms with van der Waals surface area (Å²) in [6.07, 6.45) is 0.858. The first-order valence-electron chi connectivity index (χ1n) is 8.36. The molecule has 2 aromatic carbocycles. The van der Waals surface area contributed by atoms with Crippen LogP contribution in [0.3, 0.4) is 0 Å². The van der Waals surface area contributed by atoms with Gasteiger partial charge in [-0.05, 0) is 42.8 Å². The number of rotatable bonds is 1. The fraction of sp³-hybridized carbons (Fsp3) is 0.368. The van der Waals surface area contributed by atoms with E-state index in [0.717, 1.165) is 43.1 Å². The van der Waals surface area contributed by atoms with Gasteiger partial charge in [0.25, 0.3) is 0 Å². The van der Waals surface area contributed by atoms with Crippen molar-refractivity contribution >= 4 is 11.8 Å². The maximum atomic E-state index is 9.94. The van der Waals surface area contributed by atoms with Gasteiger partial charge in [-0.15, -0.1) is 0 Å². The van der Waals surface area contributed by atoms with Crippen LogP contribution in [0.5, 0.6) is 11.5 Å². The second kappa shape index (κ2) is 6.31. The third kappa shape index (κ3) is 2.88. The van der Waals surface area contributed by atoms with Crippen LogP contribution in [0.2, 0.25) is 0 Å². The summed E-state index contributed by atoms with van der Waals surface area (Å²) in [6.45, 7) is 4.28. The van der Waals surface area contributed by atoms with Crippen LogP contribution in [0.4, 0.5) is 0 Å². The summed E-state index contributed by atoms with van der Waals surface area (Å²) in [4.78, 5) is 7.20. The zero-order valence-electron chi connectivity index (χ0n) is 13.8. The van der Waals surface area contributed by atoms with Crippen molar-refractivity contribution < 1.29 is 10.2 Å². The molecule has 0 radical (unpaired) electrons. The van der Waals surface area contributed by atoms with Crippen molar-refractivity contribution in [2.45, 2.75) is 22.3 Å². The van der Waals surface area contributed by atoms with Crippen LogP contribution in [0.15, 0.2) is 46.2 Å². The minimum Gasteiger partial charge on any atom is -0.504 e. The van der Waals surface area contributed by atoms with Crippen molar-refractivity contribution in [1.82, 2.24) is 9.80 Å². The molecule has 2 aromatic rings. The first-order chi connectivity index (χ1) is 11.6. The fourth-order valence-corrected chi connectivity index (χ4v) is 4.75. The topological polar surface area (TPSA) is 46.9 Å². The van der Waals surface area contributed by atoms with E-state index in [1.165, 1.54) is 10.5 Å². The summed E-state index contributed by atoms with van der Waals surface area (Å²) in [7, 11) is 2.17. The second-order valence-corrected chi connectivity index (χ2v) is 7.73. The van der Waals surface area contributed by atoms with Gasteiger partial charge in [-0.3, -0.25) is 4.90 Å². The molecule has 1 atom stereocenters. The Morgan fingerprint density at radius 1 is 0.958 bits per heavy atom. The van der Waals surface area contributed by atoms with E-state index in [4.69, 9.17) is 0 Å². The fourth-order valence-electron chi connectivity index (χ4n) is 3.60. The van der Waals surface area contributed by atoms with Gasteiger partial charge in [-0.2, -0.15) is 0 Å². The normalized spacial score (nSPS) is 21.8. The van der Waals surface area contributed by atoms with Gasteiger partial charge >= 0.3 is 0 Å². The van der Waals surface area contributed by atoms with E-state index in [-0.39, 0.29) is 11.5 Å². The number of likely N-dealkylation sites (N-methyl/N-ethyl adjacent to an activating group) is 1. The standard InChI is InChI=1S/C19H22N2O2S/c1-20-6-8-21(9-7-20)15-10-13-11-16(22)17(23)12-19(13)24-18-5-3-2-4-14(15)18/h2-5,11-12,15,22-23H,6-10H2,1H3. The minimum atomic E-state index is -0.0446. The molecule has 2 aliphatic heterocycles. The predicted octanol–water partition coefficient (Wildman–Crippen LogP) is 3.09.